The van der Waals surface area contributed by atoms with Crippen molar-refractivity contribution in [1.82, 2.24) is 0 Å². The van der Waals surface area contributed by atoms with Gasteiger partial charge in [0.05, 0.1) is 19.8 Å². The van der Waals surface area contributed by atoms with Crippen LogP contribution in [0.4, 0.5) is 0 Å². The third kappa shape index (κ3) is 54.2. The minimum absolute atomic E-state index is 0.158. The third-order valence-electron chi connectivity index (χ3n) is 13.2. The maximum Gasteiger partial charge on any atom is 0.472 e. The Labute approximate surface area is 453 Å². The lowest BCUT2D eigenvalue weighted by Crippen LogP contribution is -2.30. The Kier molecular flexibility index (Phi) is 54.7. The number of hydrogen-bond acceptors (Lipinski definition) is 10. The molecule has 0 bridgehead atoms. The molecule has 11 nitrogen and oxygen atoms in total. The molecule has 2 N–H and O–H groups in total. The summed E-state index contributed by atoms with van der Waals surface area (Å²) in [5.41, 5.74) is 0. The molecule has 74 heavy (non-hydrogen) atoms. The molecule has 0 spiro atoms. The summed E-state index contributed by atoms with van der Waals surface area (Å²) in [6.07, 6.45) is 60.6. The van der Waals surface area contributed by atoms with Gasteiger partial charge >= 0.3 is 25.7 Å². The number of hydrogen-bond donors (Lipinski definition) is 2. The number of carbonyl (C=O) groups is 3. The first-order valence-electron chi connectivity index (χ1n) is 30.5. The van der Waals surface area contributed by atoms with Crippen molar-refractivity contribution in [2.75, 3.05) is 26.4 Å². The Morgan fingerprint density at radius 3 is 1.09 bits per heavy atom. The average molecular weight is 1070 g/mol. The normalized spacial score (nSPS) is 13.6. The Morgan fingerprint density at radius 2 is 0.703 bits per heavy atom. The highest BCUT2D eigenvalue weighted by atomic mass is 31.2. The van der Waals surface area contributed by atoms with Crippen molar-refractivity contribution >= 4 is 25.7 Å². The second-order valence-electron chi connectivity index (χ2n) is 20.5. The van der Waals surface area contributed by atoms with E-state index in [1.165, 1.54) is 122 Å². The van der Waals surface area contributed by atoms with Crippen LogP contribution in [-0.2, 0) is 42.2 Å². The van der Waals surface area contributed by atoms with E-state index in [1.54, 1.807) is 0 Å². The van der Waals surface area contributed by atoms with Gasteiger partial charge in [-0.1, -0.05) is 243 Å². The van der Waals surface area contributed by atoms with Crippen LogP contribution in [-0.4, -0.2) is 66.5 Å². The highest BCUT2D eigenvalue weighted by Crippen LogP contribution is 2.43. The molecule has 0 rings (SSSR count). The number of rotatable bonds is 57. The molecule has 0 fully saturated rings. The fourth-order valence-electron chi connectivity index (χ4n) is 8.60. The van der Waals surface area contributed by atoms with Crippen molar-refractivity contribution in [2.24, 2.45) is 0 Å². The molecule has 0 aliphatic heterocycles. The predicted octanol–water partition coefficient (Wildman–Crippen LogP) is 18.1. The van der Waals surface area contributed by atoms with Crippen molar-refractivity contribution in [1.29, 1.82) is 0 Å². The van der Waals surface area contributed by atoms with E-state index in [2.05, 4.69) is 69.4 Å². The maximum absolute atomic E-state index is 12.9. The number of ether oxygens (including phenoxy) is 3. The number of carbonyl (C=O) groups excluding carboxylic acids is 3. The summed E-state index contributed by atoms with van der Waals surface area (Å²) in [7, 11) is -4.75. The molecule has 12 heteroatoms. The molecular formula is C62H113O11P. The quantitative estimate of drug-likeness (QED) is 0.0197. The highest BCUT2D eigenvalue weighted by Gasteiger charge is 2.28. The molecule has 0 amide bonds. The zero-order valence-corrected chi connectivity index (χ0v) is 48.7. The van der Waals surface area contributed by atoms with Crippen LogP contribution in [0.2, 0.25) is 0 Å². The fourth-order valence-corrected chi connectivity index (χ4v) is 9.39. The molecule has 432 valence electrons. The summed E-state index contributed by atoms with van der Waals surface area (Å²) in [6.45, 7) is 4.56. The molecule has 0 heterocycles. The first kappa shape index (κ1) is 71.4. The van der Waals surface area contributed by atoms with E-state index in [-0.39, 0.29) is 25.9 Å². The molecule has 0 aromatic rings. The van der Waals surface area contributed by atoms with Gasteiger partial charge in [0.25, 0.3) is 0 Å². The van der Waals surface area contributed by atoms with Crippen LogP contribution in [0.5, 0.6) is 0 Å². The predicted molar refractivity (Wildman–Crippen MR) is 307 cm³/mol. The molecule has 0 saturated carbocycles. The lowest BCUT2D eigenvalue weighted by Gasteiger charge is -2.21. The van der Waals surface area contributed by atoms with Crippen LogP contribution < -0.4 is 0 Å². The lowest BCUT2D eigenvalue weighted by molar-refractivity contribution is -0.161. The standard InChI is InChI=1S/C62H113O11P/c1-4-7-10-13-16-19-22-25-28-29-32-35-38-41-44-47-50-53-62(66)73-59(55-69-60(64)51-48-45-42-39-36-33-30-26-23-20-17-14-11-8-5-2)57-71-74(67,68)70-56-58(54-63)72-61(65)52-49-46-43-40-37-34-31-27-24-21-18-15-12-9-6-3/h7,10,16,19,25,27-28,31,58-59,63H,4-6,8-9,11-15,17-18,20-24,26,29-30,32-57H2,1-3H3,(H,67,68)/b10-7-,19-16-,28-25-,31-27-. The van der Waals surface area contributed by atoms with Gasteiger partial charge in [-0.15, -0.1) is 0 Å². The smallest absolute Gasteiger partial charge is 0.462 e. The first-order chi connectivity index (χ1) is 36.2. The Bertz CT molecular complexity index is 1430. The second kappa shape index (κ2) is 56.6. The van der Waals surface area contributed by atoms with Crippen LogP contribution in [0.15, 0.2) is 48.6 Å². The molecule has 0 aromatic carbocycles. The van der Waals surface area contributed by atoms with E-state index in [0.29, 0.717) is 19.3 Å². The van der Waals surface area contributed by atoms with Gasteiger partial charge in [0.1, 0.15) is 12.7 Å². The summed E-state index contributed by atoms with van der Waals surface area (Å²) >= 11 is 0. The second-order valence-corrected chi connectivity index (χ2v) is 21.9. The highest BCUT2D eigenvalue weighted by molar-refractivity contribution is 7.47. The van der Waals surface area contributed by atoms with E-state index in [0.717, 1.165) is 109 Å². The van der Waals surface area contributed by atoms with Gasteiger partial charge < -0.3 is 24.2 Å². The number of aliphatic hydroxyl groups is 1. The number of phosphoric ester groups is 1. The summed E-state index contributed by atoms with van der Waals surface area (Å²) < 4.78 is 39.6. The molecule has 0 aromatic heterocycles. The van der Waals surface area contributed by atoms with Gasteiger partial charge in [-0.3, -0.25) is 23.4 Å². The Balaban J connectivity index is 4.70. The Morgan fingerprint density at radius 1 is 0.392 bits per heavy atom. The van der Waals surface area contributed by atoms with Crippen LogP contribution >= 0.6 is 7.82 Å². The molecule has 3 unspecified atom stereocenters. The zero-order valence-electron chi connectivity index (χ0n) is 47.8. The monoisotopic (exact) mass is 1060 g/mol. The van der Waals surface area contributed by atoms with Crippen molar-refractivity contribution in [3.63, 3.8) is 0 Å². The minimum Gasteiger partial charge on any atom is -0.462 e. The van der Waals surface area contributed by atoms with E-state index >= 15 is 0 Å². The maximum atomic E-state index is 12.9. The summed E-state index contributed by atoms with van der Waals surface area (Å²) in [5.74, 6) is -1.47. The van der Waals surface area contributed by atoms with Crippen LogP contribution in [0, 0.1) is 0 Å². The van der Waals surface area contributed by atoms with Gasteiger partial charge in [0.2, 0.25) is 0 Å². The van der Waals surface area contributed by atoms with Crippen molar-refractivity contribution < 1.29 is 52.2 Å². The van der Waals surface area contributed by atoms with E-state index in [4.69, 9.17) is 23.3 Å². The van der Waals surface area contributed by atoms with Gasteiger partial charge in [-0.25, -0.2) is 4.57 Å². The van der Waals surface area contributed by atoms with E-state index in [9.17, 15) is 28.9 Å². The van der Waals surface area contributed by atoms with Gasteiger partial charge in [0.15, 0.2) is 6.10 Å². The number of unbranched alkanes of at least 4 members (excludes halogenated alkanes) is 32. The molecule has 0 radical (unpaired) electrons. The molecule has 0 aliphatic carbocycles. The van der Waals surface area contributed by atoms with Crippen LogP contribution in [0.3, 0.4) is 0 Å². The van der Waals surface area contributed by atoms with Gasteiger partial charge in [-0.2, -0.15) is 0 Å². The van der Waals surface area contributed by atoms with Crippen LogP contribution in [0.1, 0.15) is 290 Å². The van der Waals surface area contributed by atoms with Crippen molar-refractivity contribution in [3.8, 4) is 0 Å². The lowest BCUT2D eigenvalue weighted by atomic mass is 10.0. The minimum atomic E-state index is -4.75. The van der Waals surface area contributed by atoms with Gasteiger partial charge in [-0.05, 0) is 77.0 Å². The molecule has 0 aliphatic rings. The number of phosphoric acid groups is 1. The third-order valence-corrected chi connectivity index (χ3v) is 14.2. The zero-order chi connectivity index (χ0) is 54.1. The van der Waals surface area contributed by atoms with E-state index < -0.39 is 57.8 Å². The molecule has 3 atom stereocenters. The number of esters is 3. The topological polar surface area (TPSA) is 155 Å². The molecule has 0 saturated heterocycles. The van der Waals surface area contributed by atoms with Crippen LogP contribution in [0.25, 0.3) is 0 Å². The van der Waals surface area contributed by atoms with Crippen molar-refractivity contribution in [3.05, 3.63) is 48.6 Å². The number of allylic oxidation sites excluding steroid dienone is 8. The summed E-state index contributed by atoms with van der Waals surface area (Å²) in [6, 6.07) is 0. The average Bonchev–Trinajstić information content (AvgIpc) is 3.39. The number of aliphatic hydroxyl groups excluding tert-OH is 1. The fraction of sp³-hybridized carbons (Fsp3) is 0.823. The first-order valence-corrected chi connectivity index (χ1v) is 32.0. The SMILES string of the molecule is CC/C=C\C/C=C\C/C=C\CCCCCCCCCC(=O)OC(COC(=O)CCCCCCCCCCCCCCCCC)COP(=O)(O)OCC(CO)OC(=O)CCCCCCC/C=C\CCCCCCCC. The Hall–Kier alpha value is -2.56. The van der Waals surface area contributed by atoms with Gasteiger partial charge in [0, 0.05) is 19.3 Å². The van der Waals surface area contributed by atoms with E-state index in [1.807, 2.05) is 0 Å². The largest absolute Gasteiger partial charge is 0.472 e. The summed E-state index contributed by atoms with van der Waals surface area (Å²) in [5, 5.41) is 9.83. The van der Waals surface area contributed by atoms with Crippen molar-refractivity contribution in [2.45, 2.75) is 303 Å². The molecular weight excluding hydrogens is 952 g/mol. The summed E-state index contributed by atoms with van der Waals surface area (Å²) in [4.78, 5) is 48.6.